The molecule has 0 heterocycles. The summed E-state index contributed by atoms with van der Waals surface area (Å²) in [6.45, 7) is 2.38. The largest absolute Gasteiger partial charge is 0.317 e. The maximum absolute atomic E-state index is 3.51. The molecule has 0 spiro atoms. The Kier molecular flexibility index (Phi) is 3.37. The normalized spacial score (nSPS) is 42.2. The van der Waals surface area contributed by atoms with Gasteiger partial charge in [-0.25, -0.2) is 0 Å². The van der Waals surface area contributed by atoms with Gasteiger partial charge in [0, 0.05) is 6.04 Å². The maximum Gasteiger partial charge on any atom is 0.00412 e. The van der Waals surface area contributed by atoms with E-state index in [2.05, 4.69) is 49.6 Å². The first kappa shape index (κ1) is 13.8. The second-order valence-electron chi connectivity index (χ2n) is 8.25. The zero-order chi connectivity index (χ0) is 14.4. The Labute approximate surface area is 129 Å². The average Bonchev–Trinajstić information content (AvgIpc) is 2.46. The van der Waals surface area contributed by atoms with E-state index in [1.54, 1.807) is 5.56 Å². The number of nitrogens with one attached hydrogen (secondary N) is 1. The summed E-state index contributed by atoms with van der Waals surface area (Å²) in [6, 6.07) is 12.1. The van der Waals surface area contributed by atoms with Crippen LogP contribution in [0.2, 0.25) is 0 Å². The minimum Gasteiger partial charge on any atom is -0.317 e. The molecule has 21 heavy (non-hydrogen) atoms. The number of rotatable bonds is 4. The predicted octanol–water partition coefficient (Wildman–Crippen LogP) is 4.59. The molecule has 114 valence electrons. The minimum absolute atomic E-state index is 0.582. The third kappa shape index (κ3) is 2.25. The van der Waals surface area contributed by atoms with E-state index in [9.17, 15) is 0 Å². The van der Waals surface area contributed by atoms with Crippen LogP contribution in [0.5, 0.6) is 0 Å². The van der Waals surface area contributed by atoms with Crippen LogP contribution in [-0.2, 0) is 0 Å². The lowest BCUT2D eigenvalue weighted by atomic mass is 9.43. The Morgan fingerprint density at radius 2 is 1.76 bits per heavy atom. The fourth-order valence-electron chi connectivity index (χ4n) is 6.50. The highest BCUT2D eigenvalue weighted by atomic mass is 14.9. The lowest BCUT2D eigenvalue weighted by Crippen LogP contribution is -2.53. The topological polar surface area (TPSA) is 12.0 Å². The molecule has 0 saturated heterocycles. The van der Waals surface area contributed by atoms with Gasteiger partial charge in [0.2, 0.25) is 0 Å². The van der Waals surface area contributed by atoms with Crippen LogP contribution in [0.15, 0.2) is 30.3 Å². The number of hydrogen-bond acceptors (Lipinski definition) is 1. The van der Waals surface area contributed by atoms with E-state index in [1.807, 2.05) is 0 Å². The summed E-state index contributed by atoms with van der Waals surface area (Å²) < 4.78 is 0. The van der Waals surface area contributed by atoms with Crippen molar-refractivity contribution in [3.63, 3.8) is 0 Å². The van der Waals surface area contributed by atoms with Crippen LogP contribution in [0, 0.1) is 23.2 Å². The van der Waals surface area contributed by atoms with Gasteiger partial charge < -0.3 is 5.32 Å². The van der Waals surface area contributed by atoms with Crippen LogP contribution in [-0.4, -0.2) is 13.1 Å². The Hall–Kier alpha value is -0.820. The second-order valence-corrected chi connectivity index (χ2v) is 8.25. The molecular formula is C20H29N. The van der Waals surface area contributed by atoms with Crippen molar-refractivity contribution < 1.29 is 0 Å². The summed E-state index contributed by atoms with van der Waals surface area (Å²) in [7, 11) is 2.13. The Morgan fingerprint density at radius 3 is 2.38 bits per heavy atom. The zero-order valence-corrected chi connectivity index (χ0v) is 13.5. The first-order valence-corrected chi connectivity index (χ1v) is 8.92. The highest BCUT2D eigenvalue weighted by Gasteiger charge is 2.57. The summed E-state index contributed by atoms with van der Waals surface area (Å²) in [5.74, 6) is 3.85. The van der Waals surface area contributed by atoms with Gasteiger partial charge in [0.1, 0.15) is 0 Å². The van der Waals surface area contributed by atoms with E-state index < -0.39 is 0 Å². The summed E-state index contributed by atoms with van der Waals surface area (Å²) in [5, 5.41) is 3.51. The van der Waals surface area contributed by atoms with Crippen LogP contribution >= 0.6 is 0 Å². The van der Waals surface area contributed by atoms with E-state index in [0.717, 1.165) is 23.7 Å². The molecule has 4 saturated carbocycles. The summed E-state index contributed by atoms with van der Waals surface area (Å²) in [4.78, 5) is 0. The maximum atomic E-state index is 3.51. The van der Waals surface area contributed by atoms with Crippen LogP contribution < -0.4 is 5.32 Å². The van der Waals surface area contributed by atoms with E-state index in [4.69, 9.17) is 0 Å². The molecule has 1 N–H and O–H groups in total. The van der Waals surface area contributed by atoms with Crippen molar-refractivity contribution in [2.45, 2.75) is 57.4 Å². The molecule has 0 amide bonds. The molecule has 1 aromatic carbocycles. The smallest absolute Gasteiger partial charge is 0.00412 e. The van der Waals surface area contributed by atoms with E-state index >= 15 is 0 Å². The molecule has 4 aliphatic carbocycles. The van der Waals surface area contributed by atoms with Gasteiger partial charge in [-0.05, 0) is 87.1 Å². The van der Waals surface area contributed by atoms with Crippen molar-refractivity contribution >= 4 is 0 Å². The van der Waals surface area contributed by atoms with Crippen LogP contribution in [0.4, 0.5) is 0 Å². The van der Waals surface area contributed by atoms with Gasteiger partial charge in [-0.2, -0.15) is 0 Å². The van der Waals surface area contributed by atoms with Crippen LogP contribution in [0.25, 0.3) is 0 Å². The summed E-state index contributed by atoms with van der Waals surface area (Å²) in [6.07, 6.45) is 8.90. The molecule has 0 aromatic heterocycles. The van der Waals surface area contributed by atoms with Gasteiger partial charge in [0.15, 0.2) is 0 Å². The number of benzene rings is 1. The average molecular weight is 283 g/mol. The zero-order valence-electron chi connectivity index (χ0n) is 13.5. The summed E-state index contributed by atoms with van der Waals surface area (Å²) >= 11 is 0. The van der Waals surface area contributed by atoms with Gasteiger partial charge >= 0.3 is 0 Å². The van der Waals surface area contributed by atoms with Crippen molar-refractivity contribution in [2.75, 3.05) is 7.05 Å². The van der Waals surface area contributed by atoms with Crippen molar-refractivity contribution in [2.24, 2.45) is 23.2 Å². The minimum atomic E-state index is 0.582. The molecule has 1 nitrogen and oxygen atoms in total. The van der Waals surface area contributed by atoms with Crippen molar-refractivity contribution in [1.82, 2.24) is 5.32 Å². The van der Waals surface area contributed by atoms with Crippen molar-refractivity contribution in [1.29, 1.82) is 0 Å². The van der Waals surface area contributed by atoms with Crippen molar-refractivity contribution in [3.8, 4) is 0 Å². The highest BCUT2D eigenvalue weighted by molar-refractivity contribution is 5.27. The number of hydrogen-bond donors (Lipinski definition) is 1. The fraction of sp³-hybridized carbons (Fsp3) is 0.700. The molecule has 0 radical (unpaired) electrons. The SMILES string of the molecule is CNC(C)CC12C[C@@H]3CC(C[C@@H](C3)C1)C2c1ccccc1. The third-order valence-corrected chi connectivity index (χ3v) is 6.82. The first-order valence-electron chi connectivity index (χ1n) is 8.92. The Balaban J connectivity index is 1.72. The first-order chi connectivity index (χ1) is 10.2. The predicted molar refractivity (Wildman–Crippen MR) is 88.3 cm³/mol. The molecule has 0 aliphatic heterocycles. The molecule has 4 unspecified atom stereocenters. The quantitative estimate of drug-likeness (QED) is 0.852. The molecule has 4 bridgehead atoms. The molecule has 4 aliphatic rings. The van der Waals surface area contributed by atoms with E-state index in [0.29, 0.717) is 11.5 Å². The lowest BCUT2D eigenvalue weighted by Gasteiger charge is -2.62. The van der Waals surface area contributed by atoms with Crippen molar-refractivity contribution in [3.05, 3.63) is 35.9 Å². The molecule has 6 atom stereocenters. The van der Waals surface area contributed by atoms with Gasteiger partial charge in [-0.1, -0.05) is 30.3 Å². The Bertz CT molecular complexity index is 480. The van der Waals surface area contributed by atoms with E-state index in [-0.39, 0.29) is 0 Å². The monoisotopic (exact) mass is 283 g/mol. The fourth-order valence-corrected chi connectivity index (χ4v) is 6.50. The van der Waals surface area contributed by atoms with Crippen LogP contribution in [0.1, 0.15) is 56.9 Å². The molecular weight excluding hydrogens is 254 g/mol. The highest BCUT2D eigenvalue weighted by Crippen LogP contribution is 2.67. The molecule has 1 aromatic rings. The van der Waals surface area contributed by atoms with Gasteiger partial charge in [0.25, 0.3) is 0 Å². The third-order valence-electron chi connectivity index (χ3n) is 6.82. The van der Waals surface area contributed by atoms with Gasteiger partial charge in [-0.15, -0.1) is 0 Å². The molecule has 5 rings (SSSR count). The second kappa shape index (κ2) is 5.12. The lowest BCUT2D eigenvalue weighted by molar-refractivity contribution is -0.0835. The van der Waals surface area contributed by atoms with Gasteiger partial charge in [0.05, 0.1) is 0 Å². The van der Waals surface area contributed by atoms with E-state index in [1.165, 1.54) is 38.5 Å². The van der Waals surface area contributed by atoms with Crippen LogP contribution in [0.3, 0.4) is 0 Å². The molecule has 4 fully saturated rings. The molecule has 1 heteroatoms. The standard InChI is InChI=1S/C20H29N/c1-14(21-2)11-20-12-15-8-16(13-20)10-18(9-15)19(20)17-6-4-3-5-7-17/h3-7,14-16,18-19,21H,8-13H2,1-2H3/t14?,15-,16+,18?,19?,20?. The summed E-state index contributed by atoms with van der Waals surface area (Å²) in [5.41, 5.74) is 2.21. The van der Waals surface area contributed by atoms with Gasteiger partial charge in [-0.3, -0.25) is 0 Å². The Morgan fingerprint density at radius 1 is 1.10 bits per heavy atom.